The summed E-state index contributed by atoms with van der Waals surface area (Å²) in [6.45, 7) is 7.51. The first-order chi connectivity index (χ1) is 9.85. The summed E-state index contributed by atoms with van der Waals surface area (Å²) < 4.78 is 5.26. The number of carbonyl (C=O) groups excluding carboxylic acids is 1. The molecule has 1 aromatic rings. The first-order valence-corrected chi connectivity index (χ1v) is 7.73. The van der Waals surface area contributed by atoms with Crippen LogP contribution < -0.4 is 10.6 Å². The lowest BCUT2D eigenvalue weighted by Gasteiger charge is -2.25. The number of piperidine rings is 1. The number of carbonyl (C=O) groups is 1. The van der Waals surface area contributed by atoms with Crippen LogP contribution in [0.3, 0.4) is 0 Å². The molecule has 0 bridgehead atoms. The summed E-state index contributed by atoms with van der Waals surface area (Å²) in [5.74, 6) is 0.395. The van der Waals surface area contributed by atoms with Gasteiger partial charge in [-0.25, -0.2) is 4.79 Å². The summed E-state index contributed by atoms with van der Waals surface area (Å²) in [5, 5.41) is 6.89. The molecule has 1 aromatic carbocycles. The molecule has 1 amide bonds. The van der Waals surface area contributed by atoms with Crippen LogP contribution in [0.4, 0.5) is 10.5 Å². The van der Waals surface area contributed by atoms with Crippen molar-refractivity contribution in [1.29, 1.82) is 0 Å². The fourth-order valence-corrected chi connectivity index (χ4v) is 2.74. The largest absolute Gasteiger partial charge is 0.444 e. The Morgan fingerprint density at radius 1 is 1.43 bits per heavy atom. The minimum atomic E-state index is -0.507. The maximum absolute atomic E-state index is 11.8. The van der Waals surface area contributed by atoms with Crippen molar-refractivity contribution < 1.29 is 9.53 Å². The maximum atomic E-state index is 11.8. The van der Waals surface area contributed by atoms with Crippen molar-refractivity contribution in [3.8, 4) is 0 Å². The van der Waals surface area contributed by atoms with Gasteiger partial charge in [0.1, 0.15) is 5.60 Å². The van der Waals surface area contributed by atoms with Gasteiger partial charge in [0.15, 0.2) is 0 Å². The number of nitrogens with one attached hydrogen (secondary N) is 2. The Kier molecular flexibility index (Phi) is 5.12. The van der Waals surface area contributed by atoms with E-state index in [-0.39, 0.29) is 0 Å². The van der Waals surface area contributed by atoms with Crippen LogP contribution in [-0.4, -0.2) is 24.8 Å². The molecular weight excluding hydrogens is 288 g/mol. The van der Waals surface area contributed by atoms with Gasteiger partial charge in [0.25, 0.3) is 0 Å². The average Bonchev–Trinajstić information content (AvgIpc) is 2.40. The lowest BCUT2D eigenvalue weighted by atomic mass is 9.91. The maximum Gasteiger partial charge on any atom is 0.412 e. The van der Waals surface area contributed by atoms with Gasteiger partial charge in [0.05, 0.1) is 0 Å². The number of benzene rings is 1. The van der Waals surface area contributed by atoms with Crippen molar-refractivity contribution in [2.75, 3.05) is 18.4 Å². The highest BCUT2D eigenvalue weighted by Gasteiger charge is 2.20. The van der Waals surface area contributed by atoms with Gasteiger partial charge >= 0.3 is 6.09 Å². The predicted octanol–water partition coefficient (Wildman–Crippen LogP) is 4.15. The molecule has 0 aliphatic carbocycles. The zero-order chi connectivity index (χ0) is 15.5. The van der Waals surface area contributed by atoms with Crippen molar-refractivity contribution in [1.82, 2.24) is 5.32 Å². The molecule has 4 nitrogen and oxygen atoms in total. The number of hydrogen-bond donors (Lipinski definition) is 2. The molecule has 0 saturated carbocycles. The molecule has 1 aliphatic rings. The van der Waals surface area contributed by atoms with E-state index in [1.54, 1.807) is 6.07 Å². The van der Waals surface area contributed by atoms with Crippen LogP contribution in [0.1, 0.15) is 45.1 Å². The van der Waals surface area contributed by atoms with Crippen LogP contribution in [0.15, 0.2) is 18.2 Å². The third kappa shape index (κ3) is 4.90. The molecule has 2 N–H and O–H groups in total. The normalized spacial score (nSPS) is 19.1. The summed E-state index contributed by atoms with van der Waals surface area (Å²) in [7, 11) is 0. The SMILES string of the molecule is CC(C)(C)OC(=O)Nc1ccc(Cl)c(C2CCCNC2)c1. The van der Waals surface area contributed by atoms with E-state index in [2.05, 4.69) is 10.6 Å². The summed E-state index contributed by atoms with van der Waals surface area (Å²) >= 11 is 6.30. The minimum absolute atomic E-state index is 0.395. The van der Waals surface area contributed by atoms with Crippen LogP contribution in [0.2, 0.25) is 5.02 Å². The van der Waals surface area contributed by atoms with Gasteiger partial charge in [-0.3, -0.25) is 5.32 Å². The summed E-state index contributed by atoms with van der Waals surface area (Å²) in [4.78, 5) is 11.8. The molecule has 1 atom stereocenters. The summed E-state index contributed by atoms with van der Waals surface area (Å²) in [6.07, 6.45) is 1.81. The number of halogens is 1. The minimum Gasteiger partial charge on any atom is -0.444 e. The van der Waals surface area contributed by atoms with Crippen LogP contribution in [0.5, 0.6) is 0 Å². The van der Waals surface area contributed by atoms with E-state index in [0.717, 1.165) is 36.5 Å². The molecule has 1 unspecified atom stereocenters. The lowest BCUT2D eigenvalue weighted by molar-refractivity contribution is 0.0636. The highest BCUT2D eigenvalue weighted by molar-refractivity contribution is 6.31. The fourth-order valence-electron chi connectivity index (χ4n) is 2.47. The molecule has 0 radical (unpaired) electrons. The van der Waals surface area contributed by atoms with Crippen molar-refractivity contribution >= 4 is 23.4 Å². The predicted molar refractivity (Wildman–Crippen MR) is 86.2 cm³/mol. The second-order valence-electron chi connectivity index (χ2n) is 6.41. The molecule has 2 rings (SSSR count). The number of rotatable bonds is 2. The Hall–Kier alpha value is -1.26. The van der Waals surface area contributed by atoms with E-state index < -0.39 is 11.7 Å². The zero-order valence-corrected chi connectivity index (χ0v) is 13.6. The average molecular weight is 311 g/mol. The summed E-state index contributed by atoms with van der Waals surface area (Å²) in [5.41, 5.74) is 1.29. The molecule has 1 aliphatic heterocycles. The smallest absolute Gasteiger partial charge is 0.412 e. The van der Waals surface area contributed by atoms with E-state index in [1.807, 2.05) is 32.9 Å². The van der Waals surface area contributed by atoms with Gasteiger partial charge in [-0.2, -0.15) is 0 Å². The van der Waals surface area contributed by atoms with Gasteiger partial charge in [-0.05, 0) is 69.8 Å². The zero-order valence-electron chi connectivity index (χ0n) is 12.8. The van der Waals surface area contributed by atoms with Gasteiger partial charge in [-0.15, -0.1) is 0 Å². The highest BCUT2D eigenvalue weighted by atomic mass is 35.5. The molecular formula is C16H23ClN2O2. The lowest BCUT2D eigenvalue weighted by Crippen LogP contribution is -2.29. The van der Waals surface area contributed by atoms with Crippen LogP contribution in [0, 0.1) is 0 Å². The molecule has 0 aromatic heterocycles. The summed E-state index contributed by atoms with van der Waals surface area (Å²) in [6, 6.07) is 5.58. The Morgan fingerprint density at radius 3 is 2.81 bits per heavy atom. The van der Waals surface area contributed by atoms with Crippen molar-refractivity contribution in [2.24, 2.45) is 0 Å². The van der Waals surface area contributed by atoms with E-state index in [0.29, 0.717) is 11.6 Å². The first kappa shape index (κ1) is 16.1. The van der Waals surface area contributed by atoms with Gasteiger partial charge in [0, 0.05) is 17.3 Å². The van der Waals surface area contributed by atoms with Crippen molar-refractivity contribution in [3.63, 3.8) is 0 Å². The third-order valence-electron chi connectivity index (χ3n) is 3.38. The van der Waals surface area contributed by atoms with Crippen LogP contribution in [0.25, 0.3) is 0 Å². The quantitative estimate of drug-likeness (QED) is 0.862. The van der Waals surface area contributed by atoms with Gasteiger partial charge in [0.2, 0.25) is 0 Å². The molecule has 1 saturated heterocycles. The molecule has 0 spiro atoms. The van der Waals surface area contributed by atoms with Crippen LogP contribution >= 0.6 is 11.6 Å². The Morgan fingerprint density at radius 2 is 2.19 bits per heavy atom. The van der Waals surface area contributed by atoms with E-state index >= 15 is 0 Å². The topological polar surface area (TPSA) is 50.4 Å². The molecule has 116 valence electrons. The Labute approximate surface area is 131 Å². The second kappa shape index (κ2) is 6.67. The highest BCUT2D eigenvalue weighted by Crippen LogP contribution is 2.31. The Bertz CT molecular complexity index is 505. The first-order valence-electron chi connectivity index (χ1n) is 7.35. The van der Waals surface area contributed by atoms with Gasteiger partial charge in [-0.1, -0.05) is 11.6 Å². The van der Waals surface area contributed by atoms with Crippen LogP contribution in [-0.2, 0) is 4.74 Å². The van der Waals surface area contributed by atoms with Crippen molar-refractivity contribution in [3.05, 3.63) is 28.8 Å². The molecule has 1 heterocycles. The third-order valence-corrected chi connectivity index (χ3v) is 3.72. The number of amides is 1. The van der Waals surface area contributed by atoms with Crippen molar-refractivity contribution in [2.45, 2.75) is 45.1 Å². The van der Waals surface area contributed by atoms with E-state index in [1.165, 1.54) is 0 Å². The number of anilines is 1. The molecule has 5 heteroatoms. The molecule has 1 fully saturated rings. The number of ether oxygens (including phenoxy) is 1. The fraction of sp³-hybridized carbons (Fsp3) is 0.562. The standard InChI is InChI=1S/C16H23ClN2O2/c1-16(2,3)21-15(20)19-12-6-7-14(17)13(9-12)11-5-4-8-18-10-11/h6-7,9,11,18H,4-5,8,10H2,1-3H3,(H,19,20). The molecule has 21 heavy (non-hydrogen) atoms. The number of hydrogen-bond acceptors (Lipinski definition) is 3. The van der Waals surface area contributed by atoms with Gasteiger partial charge < -0.3 is 10.1 Å². The second-order valence-corrected chi connectivity index (χ2v) is 6.81. The monoisotopic (exact) mass is 310 g/mol. The Balaban J connectivity index is 2.09. The van der Waals surface area contributed by atoms with E-state index in [4.69, 9.17) is 16.3 Å². The van der Waals surface area contributed by atoms with E-state index in [9.17, 15) is 4.79 Å².